The number of sulfonamides is 1. The molecule has 162 valence electrons. The average molecular weight is 437 g/mol. The van der Waals surface area contributed by atoms with Crippen molar-refractivity contribution in [3.8, 4) is 0 Å². The Balaban J connectivity index is 1.65. The van der Waals surface area contributed by atoms with Gasteiger partial charge in [-0.1, -0.05) is 42.8 Å². The lowest BCUT2D eigenvalue weighted by molar-refractivity contribution is -0.0908. The van der Waals surface area contributed by atoms with Crippen LogP contribution in [0.3, 0.4) is 0 Å². The molecule has 2 atom stereocenters. The Labute approximate surface area is 175 Å². The smallest absolute Gasteiger partial charge is 0.264 e. The fourth-order valence-electron chi connectivity index (χ4n) is 4.60. The molecule has 0 aliphatic heterocycles. The van der Waals surface area contributed by atoms with Crippen LogP contribution in [0, 0.1) is 0 Å². The van der Waals surface area contributed by atoms with E-state index in [0.717, 1.165) is 32.4 Å². The van der Waals surface area contributed by atoms with Crippen molar-refractivity contribution >= 4 is 31.8 Å². The molecule has 0 bridgehead atoms. The zero-order chi connectivity index (χ0) is 21.5. The number of hydrogen-bond donors (Lipinski definition) is 1. The molecule has 0 saturated heterocycles. The molecule has 2 aromatic carbocycles. The van der Waals surface area contributed by atoms with E-state index in [1.165, 1.54) is 0 Å². The summed E-state index contributed by atoms with van der Waals surface area (Å²) in [6.07, 6.45) is 0.511. The molecule has 0 radical (unpaired) electrons. The van der Waals surface area contributed by atoms with Crippen molar-refractivity contribution in [1.29, 1.82) is 0 Å². The van der Waals surface area contributed by atoms with Crippen molar-refractivity contribution in [3.05, 3.63) is 48.5 Å². The second kappa shape index (κ2) is 7.90. The maximum absolute atomic E-state index is 14.5. The van der Waals surface area contributed by atoms with E-state index in [2.05, 4.69) is 0 Å². The highest BCUT2D eigenvalue weighted by Gasteiger charge is 2.47. The van der Waals surface area contributed by atoms with E-state index in [1.807, 2.05) is 53.1 Å². The lowest BCUT2D eigenvalue weighted by Crippen LogP contribution is -2.54. The molecule has 1 aromatic heterocycles. The second-order valence-electron chi connectivity index (χ2n) is 8.15. The molecule has 4 rings (SSSR count). The highest BCUT2D eigenvalue weighted by atomic mass is 32.2. The number of para-hydroxylation sites is 2. The number of fused-ring (bicyclic) bond motifs is 3. The monoisotopic (exact) mass is 436 g/mol. The molecule has 2 unspecified atom stereocenters. The average Bonchev–Trinajstić information content (AvgIpc) is 3.00. The lowest BCUT2D eigenvalue weighted by atomic mass is 9.91. The first-order chi connectivity index (χ1) is 14.2. The van der Waals surface area contributed by atoms with Crippen molar-refractivity contribution in [3.63, 3.8) is 0 Å². The largest absolute Gasteiger partial charge is 0.390 e. The predicted molar refractivity (Wildman–Crippen MR) is 114 cm³/mol. The van der Waals surface area contributed by atoms with Gasteiger partial charge in [0.15, 0.2) is 0 Å². The maximum Gasteiger partial charge on any atom is 0.264 e. The van der Waals surface area contributed by atoms with Crippen molar-refractivity contribution in [2.24, 2.45) is 0 Å². The van der Waals surface area contributed by atoms with E-state index < -0.39 is 28.1 Å². The predicted octanol–water partition coefficient (Wildman–Crippen LogP) is 3.99. The van der Waals surface area contributed by atoms with E-state index in [0.29, 0.717) is 12.8 Å². The second-order valence-corrected chi connectivity index (χ2v) is 10.1. The summed E-state index contributed by atoms with van der Waals surface area (Å²) < 4.78 is 56.4. The highest BCUT2D eigenvalue weighted by molar-refractivity contribution is 7.88. The molecule has 1 N–H and O–H groups in total. The fraction of sp³-hybridized carbons (Fsp3) is 0.455. The van der Waals surface area contributed by atoms with Gasteiger partial charge in [-0.3, -0.25) is 0 Å². The Hall–Kier alpha value is -2.03. The van der Waals surface area contributed by atoms with Gasteiger partial charge in [0.2, 0.25) is 10.0 Å². The molecule has 1 aliphatic rings. The van der Waals surface area contributed by atoms with E-state index in [9.17, 15) is 22.3 Å². The van der Waals surface area contributed by atoms with Gasteiger partial charge in [-0.25, -0.2) is 17.2 Å². The number of aliphatic hydroxyl groups excluding tert-OH is 1. The third-order valence-electron chi connectivity index (χ3n) is 5.96. The SMILES string of the molecule is CS(=O)(=O)N(CC(O)Cn1c2ccccc2c2ccccc21)C1CCCCC1(F)F. The molecule has 8 heteroatoms. The van der Waals surface area contributed by atoms with E-state index in [1.54, 1.807) is 0 Å². The van der Waals surface area contributed by atoms with Crippen LogP contribution in [0.1, 0.15) is 25.7 Å². The van der Waals surface area contributed by atoms with Crippen LogP contribution in [-0.4, -0.2) is 53.3 Å². The number of nitrogens with zero attached hydrogens (tertiary/aromatic N) is 2. The summed E-state index contributed by atoms with van der Waals surface area (Å²) >= 11 is 0. The van der Waals surface area contributed by atoms with Crippen LogP contribution >= 0.6 is 0 Å². The van der Waals surface area contributed by atoms with Gasteiger partial charge < -0.3 is 9.67 Å². The fourth-order valence-corrected chi connectivity index (χ4v) is 5.77. The molecule has 3 aromatic rings. The molecular weight excluding hydrogens is 410 g/mol. The van der Waals surface area contributed by atoms with E-state index in [4.69, 9.17) is 0 Å². The lowest BCUT2D eigenvalue weighted by Gasteiger charge is -2.39. The Bertz CT molecular complexity index is 1110. The van der Waals surface area contributed by atoms with Crippen molar-refractivity contribution in [1.82, 2.24) is 8.87 Å². The first-order valence-corrected chi connectivity index (χ1v) is 12.0. The Morgan fingerprint density at radius 2 is 1.67 bits per heavy atom. The molecule has 0 spiro atoms. The Kier molecular flexibility index (Phi) is 5.59. The van der Waals surface area contributed by atoms with Crippen LogP contribution in [0.25, 0.3) is 21.8 Å². The first kappa shape index (κ1) is 21.2. The van der Waals surface area contributed by atoms with Crippen LogP contribution in [0.15, 0.2) is 48.5 Å². The summed E-state index contributed by atoms with van der Waals surface area (Å²) in [5.74, 6) is -3.09. The summed E-state index contributed by atoms with van der Waals surface area (Å²) in [5.41, 5.74) is 1.82. The van der Waals surface area contributed by atoms with Gasteiger partial charge in [0, 0.05) is 34.8 Å². The van der Waals surface area contributed by atoms with Gasteiger partial charge >= 0.3 is 0 Å². The number of aliphatic hydroxyl groups is 1. The van der Waals surface area contributed by atoms with Crippen molar-refractivity contribution in [2.45, 2.75) is 50.3 Å². The normalized spacial score (nSPS) is 20.8. The molecular formula is C22H26F2N2O3S. The minimum Gasteiger partial charge on any atom is -0.390 e. The van der Waals surface area contributed by atoms with Crippen LogP contribution in [-0.2, 0) is 16.6 Å². The summed E-state index contributed by atoms with van der Waals surface area (Å²) in [5, 5.41) is 12.9. The van der Waals surface area contributed by atoms with E-state index in [-0.39, 0.29) is 25.9 Å². The number of rotatable bonds is 6. The number of hydrogen-bond acceptors (Lipinski definition) is 3. The molecule has 1 fully saturated rings. The number of alkyl halides is 2. The molecule has 1 saturated carbocycles. The van der Waals surface area contributed by atoms with Gasteiger partial charge in [-0.15, -0.1) is 0 Å². The molecule has 1 aliphatic carbocycles. The molecule has 30 heavy (non-hydrogen) atoms. The zero-order valence-corrected chi connectivity index (χ0v) is 17.7. The van der Waals surface area contributed by atoms with E-state index >= 15 is 0 Å². The topological polar surface area (TPSA) is 62.5 Å². The summed E-state index contributed by atoms with van der Waals surface area (Å²) in [6, 6.07) is 14.1. The third kappa shape index (κ3) is 3.96. The summed E-state index contributed by atoms with van der Waals surface area (Å²) in [6.45, 7) is -0.252. The van der Waals surface area contributed by atoms with Crippen LogP contribution in [0.4, 0.5) is 8.78 Å². The third-order valence-corrected chi connectivity index (χ3v) is 7.22. The zero-order valence-electron chi connectivity index (χ0n) is 16.8. The van der Waals surface area contributed by atoms with Gasteiger partial charge in [0.25, 0.3) is 5.92 Å². The number of aromatic nitrogens is 1. The highest BCUT2D eigenvalue weighted by Crippen LogP contribution is 2.38. The van der Waals surface area contributed by atoms with Crippen LogP contribution in [0.5, 0.6) is 0 Å². The summed E-state index contributed by atoms with van der Waals surface area (Å²) in [4.78, 5) is 0. The van der Waals surface area contributed by atoms with Crippen molar-refractivity contribution < 1.29 is 22.3 Å². The van der Waals surface area contributed by atoms with Crippen LogP contribution in [0.2, 0.25) is 0 Å². The van der Waals surface area contributed by atoms with Crippen LogP contribution < -0.4 is 0 Å². The first-order valence-electron chi connectivity index (χ1n) is 10.2. The summed E-state index contributed by atoms with van der Waals surface area (Å²) in [7, 11) is -3.91. The maximum atomic E-state index is 14.5. The van der Waals surface area contributed by atoms with Gasteiger partial charge in [-0.2, -0.15) is 4.31 Å². The van der Waals surface area contributed by atoms with Gasteiger partial charge in [0.1, 0.15) is 0 Å². The Morgan fingerprint density at radius 1 is 1.10 bits per heavy atom. The number of benzene rings is 2. The molecule has 1 heterocycles. The molecule has 0 amide bonds. The minimum atomic E-state index is -3.91. The number of halogens is 2. The van der Waals surface area contributed by atoms with Crippen molar-refractivity contribution in [2.75, 3.05) is 12.8 Å². The quantitative estimate of drug-likeness (QED) is 0.636. The molecule has 5 nitrogen and oxygen atoms in total. The minimum absolute atomic E-state index is 0.0994. The standard InChI is InChI=1S/C22H26F2N2O3S/c1-30(28,29)26(21-12-6-7-13-22(21,23)24)15-16(27)14-25-19-10-4-2-8-17(19)18-9-3-5-11-20(18)25/h2-5,8-11,16,21,27H,6-7,12-15H2,1H3. The van der Waals surface area contributed by atoms with Gasteiger partial charge in [0.05, 0.1) is 24.9 Å². The Morgan fingerprint density at radius 3 is 2.20 bits per heavy atom. The van der Waals surface area contributed by atoms with Gasteiger partial charge in [-0.05, 0) is 25.0 Å².